The van der Waals surface area contributed by atoms with Gasteiger partial charge in [0.25, 0.3) is 0 Å². The van der Waals surface area contributed by atoms with Crippen LogP contribution in [0.25, 0.3) is 0 Å². The Labute approximate surface area is 146 Å². The van der Waals surface area contributed by atoms with Gasteiger partial charge in [0.15, 0.2) is 0 Å². The molecule has 1 amide bonds. The van der Waals surface area contributed by atoms with Crippen molar-refractivity contribution in [2.24, 2.45) is 0 Å². The summed E-state index contributed by atoms with van der Waals surface area (Å²) < 4.78 is 0. The molecule has 1 heterocycles. The maximum absolute atomic E-state index is 13.4. The number of amides is 1. The predicted molar refractivity (Wildman–Crippen MR) is 97.2 cm³/mol. The Morgan fingerprint density at radius 1 is 1.26 bits per heavy atom. The zero-order valence-electron chi connectivity index (χ0n) is 14.3. The topological polar surface area (TPSA) is 32.3 Å². The van der Waals surface area contributed by atoms with Crippen LogP contribution in [0.1, 0.15) is 49.7 Å². The van der Waals surface area contributed by atoms with E-state index in [2.05, 4.69) is 36.5 Å². The van der Waals surface area contributed by atoms with E-state index in [0.29, 0.717) is 11.9 Å². The van der Waals surface area contributed by atoms with E-state index in [1.165, 1.54) is 17.5 Å². The molecule has 1 saturated heterocycles. The van der Waals surface area contributed by atoms with Crippen LogP contribution in [0.4, 0.5) is 0 Å². The minimum Gasteiger partial charge on any atom is -0.341 e. The molecule has 23 heavy (non-hydrogen) atoms. The molecule has 1 saturated carbocycles. The Morgan fingerprint density at radius 2 is 2.00 bits per heavy atom. The average Bonchev–Trinajstić information content (AvgIpc) is 3.08. The van der Waals surface area contributed by atoms with E-state index in [1.54, 1.807) is 0 Å². The summed E-state index contributed by atoms with van der Waals surface area (Å²) in [4.78, 5) is 15.5. The van der Waals surface area contributed by atoms with Gasteiger partial charge in [-0.3, -0.25) is 4.79 Å². The number of benzene rings is 1. The average molecular weight is 337 g/mol. The molecule has 2 fully saturated rings. The van der Waals surface area contributed by atoms with E-state index in [-0.39, 0.29) is 17.8 Å². The van der Waals surface area contributed by atoms with Crippen LogP contribution in [0.3, 0.4) is 0 Å². The van der Waals surface area contributed by atoms with Gasteiger partial charge in [0.05, 0.1) is 5.41 Å². The van der Waals surface area contributed by atoms with Crippen molar-refractivity contribution in [1.82, 2.24) is 10.2 Å². The summed E-state index contributed by atoms with van der Waals surface area (Å²) in [7, 11) is 2.01. The Bertz CT molecular complexity index is 534. The lowest BCUT2D eigenvalue weighted by Crippen LogP contribution is -2.50. The number of aryl methyl sites for hydroxylation is 1. The normalized spacial score (nSPS) is 23.1. The molecule has 1 aromatic carbocycles. The monoisotopic (exact) mass is 336 g/mol. The van der Waals surface area contributed by atoms with Crippen LogP contribution in [0.2, 0.25) is 0 Å². The first-order valence-electron chi connectivity index (χ1n) is 8.69. The Balaban J connectivity index is 0.00000192. The maximum atomic E-state index is 13.4. The zero-order valence-corrected chi connectivity index (χ0v) is 15.1. The number of halogens is 1. The van der Waals surface area contributed by atoms with Crippen molar-refractivity contribution in [3.63, 3.8) is 0 Å². The van der Waals surface area contributed by atoms with E-state index in [9.17, 15) is 4.79 Å². The van der Waals surface area contributed by atoms with E-state index in [1.807, 2.05) is 11.9 Å². The third-order valence-corrected chi connectivity index (χ3v) is 5.59. The molecule has 0 aromatic heterocycles. The predicted octanol–water partition coefficient (Wildman–Crippen LogP) is 3.44. The minimum absolute atomic E-state index is 0. The van der Waals surface area contributed by atoms with Crippen LogP contribution >= 0.6 is 12.4 Å². The van der Waals surface area contributed by atoms with Gasteiger partial charge in [-0.1, -0.05) is 49.1 Å². The van der Waals surface area contributed by atoms with Crippen LogP contribution in [0, 0.1) is 6.92 Å². The first-order chi connectivity index (χ1) is 10.6. The van der Waals surface area contributed by atoms with Gasteiger partial charge in [0.2, 0.25) is 5.91 Å². The number of nitrogens with zero attached hydrogens (tertiary/aromatic N) is 1. The van der Waals surface area contributed by atoms with Gasteiger partial charge in [-0.2, -0.15) is 0 Å². The molecule has 0 spiro atoms. The van der Waals surface area contributed by atoms with Gasteiger partial charge in [-0.25, -0.2) is 0 Å². The molecule has 1 aliphatic heterocycles. The van der Waals surface area contributed by atoms with Crippen molar-refractivity contribution < 1.29 is 4.79 Å². The molecule has 0 radical (unpaired) electrons. The fourth-order valence-electron chi connectivity index (χ4n) is 4.20. The van der Waals surface area contributed by atoms with Gasteiger partial charge in [-0.05, 0) is 38.3 Å². The fourth-order valence-corrected chi connectivity index (χ4v) is 4.20. The van der Waals surface area contributed by atoms with Crippen molar-refractivity contribution in [2.75, 3.05) is 20.1 Å². The summed E-state index contributed by atoms with van der Waals surface area (Å²) in [5.41, 5.74) is 2.19. The molecule has 128 valence electrons. The number of hydrogen-bond donors (Lipinski definition) is 1. The molecule has 2 aliphatic rings. The standard InChI is InChI=1S/C19H28N2O.ClH/c1-15-7-6-8-16(13-15)19(10-4-3-5-11-19)18(22)21(2)17-9-12-20-14-17;/h6-8,13,17,20H,3-5,9-12,14H2,1-2H3;1H. The van der Waals surface area contributed by atoms with E-state index < -0.39 is 0 Å². The number of carbonyl (C=O) groups excluding carboxylic acids is 1. The smallest absolute Gasteiger partial charge is 0.233 e. The minimum atomic E-state index is -0.290. The number of nitrogens with one attached hydrogen (secondary N) is 1. The molecule has 3 nitrogen and oxygen atoms in total. The lowest BCUT2D eigenvalue weighted by Gasteiger charge is -2.41. The summed E-state index contributed by atoms with van der Waals surface area (Å²) in [6.07, 6.45) is 6.66. The molecular formula is C19H29ClN2O. The number of carbonyl (C=O) groups is 1. The first-order valence-corrected chi connectivity index (χ1v) is 8.69. The quantitative estimate of drug-likeness (QED) is 0.917. The number of rotatable bonds is 3. The van der Waals surface area contributed by atoms with Crippen molar-refractivity contribution in [3.8, 4) is 0 Å². The summed E-state index contributed by atoms with van der Waals surface area (Å²) in [6.45, 7) is 4.08. The SMILES string of the molecule is Cc1cccc(C2(C(=O)N(C)C3CCNC3)CCCCC2)c1.Cl. The Kier molecular flexibility index (Phi) is 6.10. The highest BCUT2D eigenvalue weighted by atomic mass is 35.5. The molecular weight excluding hydrogens is 308 g/mol. The van der Waals surface area contributed by atoms with Crippen molar-refractivity contribution in [3.05, 3.63) is 35.4 Å². The van der Waals surface area contributed by atoms with Crippen LogP contribution in [0.15, 0.2) is 24.3 Å². The first kappa shape index (κ1) is 18.3. The van der Waals surface area contributed by atoms with E-state index in [4.69, 9.17) is 0 Å². The second-order valence-electron chi connectivity index (χ2n) is 7.07. The van der Waals surface area contributed by atoms with E-state index in [0.717, 1.165) is 45.2 Å². The van der Waals surface area contributed by atoms with Crippen LogP contribution in [-0.4, -0.2) is 37.0 Å². The van der Waals surface area contributed by atoms with Gasteiger partial charge in [0.1, 0.15) is 0 Å². The molecule has 0 bridgehead atoms. The van der Waals surface area contributed by atoms with E-state index >= 15 is 0 Å². The maximum Gasteiger partial charge on any atom is 0.233 e. The van der Waals surface area contributed by atoms with Gasteiger partial charge >= 0.3 is 0 Å². The largest absolute Gasteiger partial charge is 0.341 e. The molecule has 1 N–H and O–H groups in total. The second-order valence-corrected chi connectivity index (χ2v) is 7.07. The van der Waals surface area contributed by atoms with Crippen molar-refractivity contribution in [2.45, 2.75) is 56.9 Å². The molecule has 3 rings (SSSR count). The van der Waals surface area contributed by atoms with Crippen molar-refractivity contribution >= 4 is 18.3 Å². The summed E-state index contributed by atoms with van der Waals surface area (Å²) in [5, 5.41) is 3.38. The second kappa shape index (κ2) is 7.67. The lowest BCUT2D eigenvalue weighted by atomic mass is 9.68. The molecule has 4 heteroatoms. The summed E-state index contributed by atoms with van der Waals surface area (Å²) >= 11 is 0. The Hall–Kier alpha value is -1.06. The molecule has 1 aliphatic carbocycles. The van der Waals surface area contributed by atoms with Crippen LogP contribution < -0.4 is 5.32 Å². The molecule has 1 aromatic rings. The Morgan fingerprint density at radius 3 is 2.61 bits per heavy atom. The summed E-state index contributed by atoms with van der Waals surface area (Å²) in [5.74, 6) is 0.339. The molecule has 1 unspecified atom stereocenters. The third-order valence-electron chi connectivity index (χ3n) is 5.59. The van der Waals surface area contributed by atoms with Crippen LogP contribution in [-0.2, 0) is 10.2 Å². The van der Waals surface area contributed by atoms with Crippen molar-refractivity contribution in [1.29, 1.82) is 0 Å². The van der Waals surface area contributed by atoms with Gasteiger partial charge < -0.3 is 10.2 Å². The summed E-state index contributed by atoms with van der Waals surface area (Å²) in [6, 6.07) is 8.97. The fraction of sp³-hybridized carbons (Fsp3) is 0.632. The highest BCUT2D eigenvalue weighted by Crippen LogP contribution is 2.41. The number of likely N-dealkylation sites (N-methyl/N-ethyl adjacent to an activating group) is 1. The highest BCUT2D eigenvalue weighted by Gasteiger charge is 2.44. The highest BCUT2D eigenvalue weighted by molar-refractivity contribution is 5.88. The zero-order chi connectivity index (χ0) is 15.6. The number of hydrogen-bond acceptors (Lipinski definition) is 2. The lowest BCUT2D eigenvalue weighted by molar-refractivity contribution is -0.139. The molecule has 1 atom stereocenters. The van der Waals surface area contributed by atoms with Crippen LogP contribution in [0.5, 0.6) is 0 Å². The third kappa shape index (κ3) is 3.56. The van der Waals surface area contributed by atoms with Gasteiger partial charge in [-0.15, -0.1) is 12.4 Å². The van der Waals surface area contributed by atoms with Gasteiger partial charge in [0, 0.05) is 19.6 Å².